The van der Waals surface area contributed by atoms with Crippen LogP contribution in [0.3, 0.4) is 0 Å². The molecule has 16 heavy (non-hydrogen) atoms. The smallest absolute Gasteiger partial charge is 0.160 e. The van der Waals surface area contributed by atoms with E-state index in [2.05, 4.69) is 32.6 Å². The molecule has 0 aromatic rings. The van der Waals surface area contributed by atoms with Gasteiger partial charge < -0.3 is 14.4 Å². The van der Waals surface area contributed by atoms with Crippen LogP contribution < -0.4 is 0 Å². The summed E-state index contributed by atoms with van der Waals surface area (Å²) in [6.45, 7) is 11.9. The van der Waals surface area contributed by atoms with Crippen molar-refractivity contribution in [1.29, 1.82) is 0 Å². The summed E-state index contributed by atoms with van der Waals surface area (Å²) in [6.07, 6.45) is 2.26. The maximum atomic E-state index is 6.13. The van der Waals surface area contributed by atoms with Crippen LogP contribution >= 0.6 is 0 Å². The number of rotatable bonds is 2. The first-order chi connectivity index (χ1) is 7.52. The quantitative estimate of drug-likeness (QED) is 0.722. The van der Waals surface area contributed by atoms with Crippen molar-refractivity contribution < 1.29 is 9.47 Å². The van der Waals surface area contributed by atoms with E-state index in [1.807, 2.05) is 0 Å². The molecule has 0 radical (unpaired) electrons. The summed E-state index contributed by atoms with van der Waals surface area (Å²) in [7, 11) is 0. The highest BCUT2D eigenvalue weighted by Gasteiger charge is 2.44. The fourth-order valence-electron chi connectivity index (χ4n) is 2.59. The van der Waals surface area contributed by atoms with E-state index in [0.29, 0.717) is 12.0 Å². The van der Waals surface area contributed by atoms with E-state index in [1.54, 1.807) is 0 Å². The van der Waals surface area contributed by atoms with Crippen LogP contribution in [0.5, 0.6) is 0 Å². The zero-order valence-electron chi connectivity index (χ0n) is 11.0. The van der Waals surface area contributed by atoms with Crippen LogP contribution in [-0.4, -0.2) is 42.5 Å². The van der Waals surface area contributed by atoms with Gasteiger partial charge in [-0.1, -0.05) is 13.8 Å². The van der Waals surface area contributed by atoms with Gasteiger partial charge in [0.2, 0.25) is 0 Å². The molecule has 0 aromatic carbocycles. The van der Waals surface area contributed by atoms with Gasteiger partial charge in [-0.3, -0.25) is 0 Å². The maximum absolute atomic E-state index is 6.13. The summed E-state index contributed by atoms with van der Waals surface area (Å²) in [5.41, 5.74) is 0.0281. The molecule has 94 valence electrons. The van der Waals surface area contributed by atoms with Crippen LogP contribution in [-0.2, 0) is 9.47 Å². The van der Waals surface area contributed by atoms with Crippen LogP contribution in [0.15, 0.2) is 0 Å². The molecule has 0 amide bonds. The normalized spacial score (nSPS) is 30.8. The summed E-state index contributed by atoms with van der Waals surface area (Å²) in [5, 5.41) is 0. The Hall–Kier alpha value is -0.120. The van der Waals surface area contributed by atoms with Crippen molar-refractivity contribution in [2.75, 3.05) is 19.7 Å². The average Bonchev–Trinajstić information content (AvgIpc) is 2.63. The van der Waals surface area contributed by atoms with E-state index in [1.165, 1.54) is 0 Å². The van der Waals surface area contributed by atoms with Gasteiger partial charge in [-0.15, -0.1) is 0 Å². The molecule has 1 unspecified atom stereocenters. The summed E-state index contributed by atoms with van der Waals surface area (Å²) >= 11 is 0. The lowest BCUT2D eigenvalue weighted by atomic mass is 9.91. The Balaban J connectivity index is 1.89. The minimum Gasteiger partial charge on any atom is -0.349 e. The molecule has 0 aliphatic carbocycles. The molecule has 2 saturated heterocycles. The monoisotopic (exact) mass is 227 g/mol. The first kappa shape index (κ1) is 12.3. The van der Waals surface area contributed by atoms with Crippen molar-refractivity contribution in [3.63, 3.8) is 0 Å². The fourth-order valence-corrected chi connectivity index (χ4v) is 2.59. The predicted molar refractivity (Wildman–Crippen MR) is 64.3 cm³/mol. The molecule has 0 bridgehead atoms. The average molecular weight is 227 g/mol. The van der Waals surface area contributed by atoms with Gasteiger partial charge in [0.05, 0.1) is 12.2 Å². The van der Waals surface area contributed by atoms with Crippen molar-refractivity contribution in [2.45, 2.75) is 58.5 Å². The van der Waals surface area contributed by atoms with Gasteiger partial charge in [0.1, 0.15) is 0 Å². The number of nitrogens with zero attached hydrogens (tertiary/aromatic N) is 1. The van der Waals surface area contributed by atoms with E-state index >= 15 is 0 Å². The highest BCUT2D eigenvalue weighted by Crippen LogP contribution is 2.35. The Morgan fingerprint density at radius 2 is 1.75 bits per heavy atom. The van der Waals surface area contributed by atoms with Crippen LogP contribution in [0.1, 0.15) is 40.5 Å². The van der Waals surface area contributed by atoms with Gasteiger partial charge in [0.15, 0.2) is 6.29 Å². The minimum atomic E-state index is 0.0191. The second-order valence-corrected chi connectivity index (χ2v) is 5.85. The molecule has 2 aliphatic heterocycles. The molecule has 3 heteroatoms. The molecule has 1 spiro atoms. The molecule has 3 nitrogen and oxygen atoms in total. The highest BCUT2D eigenvalue weighted by atomic mass is 16.7. The van der Waals surface area contributed by atoms with Gasteiger partial charge in [-0.25, -0.2) is 0 Å². The van der Waals surface area contributed by atoms with Crippen molar-refractivity contribution in [3.05, 3.63) is 0 Å². The van der Waals surface area contributed by atoms with Crippen molar-refractivity contribution in [1.82, 2.24) is 4.90 Å². The molecule has 0 aromatic heterocycles. The Kier molecular flexibility index (Phi) is 3.57. The lowest BCUT2D eigenvalue weighted by Crippen LogP contribution is -2.48. The third-order valence-corrected chi connectivity index (χ3v) is 3.86. The summed E-state index contributed by atoms with van der Waals surface area (Å²) < 4.78 is 11.9. The molecule has 2 rings (SSSR count). The Labute approximate surface area is 99.1 Å². The fraction of sp³-hybridized carbons (Fsp3) is 1.00. The molecule has 0 N–H and O–H groups in total. The second kappa shape index (κ2) is 4.63. The highest BCUT2D eigenvalue weighted by molar-refractivity contribution is 4.92. The van der Waals surface area contributed by atoms with E-state index < -0.39 is 0 Å². The van der Waals surface area contributed by atoms with Gasteiger partial charge in [-0.2, -0.15) is 0 Å². The number of hydrogen-bond donors (Lipinski definition) is 0. The largest absolute Gasteiger partial charge is 0.349 e. The third-order valence-electron chi connectivity index (χ3n) is 3.86. The Morgan fingerprint density at radius 3 is 2.19 bits per heavy atom. The molecule has 0 saturated carbocycles. The minimum absolute atomic E-state index is 0.0191. The lowest BCUT2D eigenvalue weighted by molar-refractivity contribution is -0.128. The van der Waals surface area contributed by atoms with Crippen molar-refractivity contribution in [3.8, 4) is 0 Å². The first-order valence-corrected chi connectivity index (χ1v) is 6.56. The van der Waals surface area contributed by atoms with E-state index in [-0.39, 0.29) is 11.9 Å². The van der Waals surface area contributed by atoms with Crippen molar-refractivity contribution >= 4 is 0 Å². The zero-order chi connectivity index (χ0) is 11.8. The molecule has 2 fully saturated rings. The first-order valence-electron chi connectivity index (χ1n) is 6.56. The maximum Gasteiger partial charge on any atom is 0.160 e. The Bertz CT molecular complexity index is 232. The van der Waals surface area contributed by atoms with Crippen LogP contribution in [0, 0.1) is 5.92 Å². The van der Waals surface area contributed by atoms with Crippen LogP contribution in [0.25, 0.3) is 0 Å². The van der Waals surface area contributed by atoms with Crippen molar-refractivity contribution in [2.24, 2.45) is 5.92 Å². The SMILES string of the molecule is CC(C)C1OCC2(CCN(C(C)C)CC2)O1. The van der Waals surface area contributed by atoms with E-state index in [4.69, 9.17) is 9.47 Å². The van der Waals surface area contributed by atoms with Crippen LogP contribution in [0.4, 0.5) is 0 Å². The number of ether oxygens (including phenoxy) is 2. The number of piperidine rings is 1. The molecular formula is C13H25NO2. The van der Waals surface area contributed by atoms with Gasteiger partial charge >= 0.3 is 0 Å². The summed E-state index contributed by atoms with van der Waals surface area (Å²) in [5.74, 6) is 0.461. The third kappa shape index (κ3) is 2.41. The molecule has 2 aliphatic rings. The predicted octanol–water partition coefficient (Wildman–Crippen LogP) is 2.26. The number of likely N-dealkylation sites (tertiary alicyclic amines) is 1. The van der Waals surface area contributed by atoms with E-state index in [9.17, 15) is 0 Å². The standard InChI is InChI=1S/C13H25NO2/c1-10(2)12-15-9-13(16-12)5-7-14(8-6-13)11(3)4/h10-12H,5-9H2,1-4H3. The second-order valence-electron chi connectivity index (χ2n) is 5.85. The number of hydrogen-bond acceptors (Lipinski definition) is 3. The Morgan fingerprint density at radius 1 is 1.12 bits per heavy atom. The lowest BCUT2D eigenvalue weighted by Gasteiger charge is -2.39. The van der Waals surface area contributed by atoms with Crippen LogP contribution in [0.2, 0.25) is 0 Å². The van der Waals surface area contributed by atoms with E-state index in [0.717, 1.165) is 32.5 Å². The zero-order valence-corrected chi connectivity index (χ0v) is 11.0. The molecular weight excluding hydrogens is 202 g/mol. The molecule has 1 atom stereocenters. The topological polar surface area (TPSA) is 21.7 Å². The summed E-state index contributed by atoms with van der Waals surface area (Å²) in [6, 6.07) is 0.653. The van der Waals surface area contributed by atoms with Gasteiger partial charge in [0, 0.05) is 25.0 Å². The van der Waals surface area contributed by atoms with Gasteiger partial charge in [0.25, 0.3) is 0 Å². The summed E-state index contributed by atoms with van der Waals surface area (Å²) in [4.78, 5) is 2.53. The molecule has 2 heterocycles. The van der Waals surface area contributed by atoms with Gasteiger partial charge in [-0.05, 0) is 26.7 Å².